The number of nitrogens with zero attached hydrogens (tertiary/aromatic N) is 1. The Labute approximate surface area is 160 Å². The van der Waals surface area contributed by atoms with Crippen LogP contribution in [0.5, 0.6) is 0 Å². The van der Waals surface area contributed by atoms with Gasteiger partial charge >= 0.3 is 0 Å². The van der Waals surface area contributed by atoms with E-state index in [9.17, 15) is 14.4 Å². The first-order chi connectivity index (χ1) is 12.8. The number of aryl methyl sites for hydroxylation is 3. The monoisotopic (exact) mass is 366 g/mol. The fourth-order valence-corrected chi connectivity index (χ4v) is 3.04. The van der Waals surface area contributed by atoms with Gasteiger partial charge < -0.3 is 10.2 Å². The fraction of sp³-hybridized carbons (Fsp3) is 0.318. The van der Waals surface area contributed by atoms with E-state index < -0.39 is 0 Å². The van der Waals surface area contributed by atoms with E-state index in [0.29, 0.717) is 5.56 Å². The van der Waals surface area contributed by atoms with Crippen LogP contribution >= 0.6 is 0 Å². The molecule has 0 saturated heterocycles. The van der Waals surface area contributed by atoms with Crippen molar-refractivity contribution in [1.29, 1.82) is 0 Å². The van der Waals surface area contributed by atoms with Crippen molar-refractivity contribution < 1.29 is 14.4 Å². The van der Waals surface area contributed by atoms with Gasteiger partial charge in [0.05, 0.1) is 6.54 Å². The maximum atomic E-state index is 12.3. The number of nitrogens with one attached hydrogen (secondary N) is 1. The maximum absolute atomic E-state index is 12.3. The highest BCUT2D eigenvalue weighted by atomic mass is 16.2. The minimum atomic E-state index is -0.254. The molecule has 5 heteroatoms. The Morgan fingerprint density at radius 1 is 0.926 bits per heavy atom. The maximum Gasteiger partial charge on any atom is 0.243 e. The highest BCUT2D eigenvalue weighted by molar-refractivity contribution is 5.99. The van der Waals surface area contributed by atoms with Gasteiger partial charge in [-0.15, -0.1) is 0 Å². The van der Waals surface area contributed by atoms with E-state index in [1.165, 1.54) is 4.90 Å². The first-order valence-corrected chi connectivity index (χ1v) is 8.98. The average molecular weight is 366 g/mol. The summed E-state index contributed by atoms with van der Waals surface area (Å²) in [5, 5.41) is 2.88. The molecule has 0 saturated carbocycles. The molecule has 2 amide bonds. The lowest BCUT2D eigenvalue weighted by Crippen LogP contribution is -2.35. The van der Waals surface area contributed by atoms with Crippen molar-refractivity contribution in [3.8, 4) is 0 Å². The summed E-state index contributed by atoms with van der Waals surface area (Å²) in [6, 6.07) is 12.9. The summed E-state index contributed by atoms with van der Waals surface area (Å²) in [4.78, 5) is 38.0. The van der Waals surface area contributed by atoms with E-state index >= 15 is 0 Å². The molecule has 0 fully saturated rings. The molecule has 0 unspecified atom stereocenters. The molecule has 0 aliphatic rings. The van der Waals surface area contributed by atoms with Crippen molar-refractivity contribution in [3.05, 3.63) is 64.7 Å². The minimum Gasteiger partial charge on any atom is -0.336 e. The first-order valence-electron chi connectivity index (χ1n) is 8.98. The van der Waals surface area contributed by atoms with E-state index in [1.54, 1.807) is 31.3 Å². The summed E-state index contributed by atoms with van der Waals surface area (Å²) in [7, 11) is 1.57. The number of anilines is 1. The second-order valence-corrected chi connectivity index (χ2v) is 6.86. The van der Waals surface area contributed by atoms with E-state index in [4.69, 9.17) is 0 Å². The SMILES string of the molecule is Cc1cc(C)c(NC(=O)CN(C)C(=O)CCC(=O)c2ccccc2)c(C)c1. The highest BCUT2D eigenvalue weighted by Gasteiger charge is 2.16. The summed E-state index contributed by atoms with van der Waals surface area (Å²) in [6.07, 6.45) is 0.213. The standard InChI is InChI=1S/C22H26N2O3/c1-15-12-16(2)22(17(3)13-15)23-20(26)14-24(4)21(27)11-10-19(25)18-8-6-5-7-9-18/h5-9,12-13H,10-11,14H2,1-4H3,(H,23,26). The lowest BCUT2D eigenvalue weighted by molar-refractivity contribution is -0.133. The summed E-state index contributed by atoms with van der Waals surface area (Å²) < 4.78 is 0. The molecule has 0 heterocycles. The van der Waals surface area contributed by atoms with Crippen LogP contribution in [0.25, 0.3) is 0 Å². The van der Waals surface area contributed by atoms with Crippen LogP contribution < -0.4 is 5.32 Å². The molecule has 0 atom stereocenters. The number of amides is 2. The second-order valence-electron chi connectivity index (χ2n) is 6.86. The smallest absolute Gasteiger partial charge is 0.243 e. The lowest BCUT2D eigenvalue weighted by atomic mass is 10.1. The Morgan fingerprint density at radius 2 is 1.52 bits per heavy atom. The molecule has 0 aromatic heterocycles. The molecule has 2 aromatic rings. The van der Waals surface area contributed by atoms with Gasteiger partial charge in [-0.25, -0.2) is 0 Å². The first kappa shape index (κ1) is 20.4. The predicted octanol–water partition coefficient (Wildman–Crippen LogP) is 3.67. The number of hydrogen-bond donors (Lipinski definition) is 1. The average Bonchev–Trinajstić information content (AvgIpc) is 2.63. The zero-order valence-corrected chi connectivity index (χ0v) is 16.3. The number of hydrogen-bond acceptors (Lipinski definition) is 3. The van der Waals surface area contributed by atoms with Crippen LogP contribution in [0.3, 0.4) is 0 Å². The minimum absolute atomic E-state index is 0.0505. The number of carbonyl (C=O) groups excluding carboxylic acids is 3. The summed E-state index contributed by atoms with van der Waals surface area (Å²) in [6.45, 7) is 5.85. The summed E-state index contributed by atoms with van der Waals surface area (Å²) in [5.74, 6) is -0.560. The number of carbonyl (C=O) groups is 3. The number of rotatable bonds is 7. The number of likely N-dealkylation sites (N-methyl/N-ethyl adjacent to an activating group) is 1. The highest BCUT2D eigenvalue weighted by Crippen LogP contribution is 2.21. The van der Waals surface area contributed by atoms with Crippen LogP contribution in [-0.4, -0.2) is 36.1 Å². The molecular formula is C22H26N2O3. The number of benzene rings is 2. The molecular weight excluding hydrogens is 340 g/mol. The van der Waals surface area contributed by atoms with Gasteiger partial charge in [0.15, 0.2) is 5.78 Å². The van der Waals surface area contributed by atoms with Gasteiger partial charge in [-0.1, -0.05) is 48.0 Å². The van der Waals surface area contributed by atoms with Crippen molar-refractivity contribution >= 4 is 23.3 Å². The Balaban J connectivity index is 1.87. The third-order valence-corrected chi connectivity index (χ3v) is 4.41. The van der Waals surface area contributed by atoms with E-state index in [0.717, 1.165) is 22.4 Å². The van der Waals surface area contributed by atoms with Crippen LogP contribution in [0.4, 0.5) is 5.69 Å². The second kappa shape index (κ2) is 9.12. The van der Waals surface area contributed by atoms with Gasteiger partial charge in [0, 0.05) is 31.1 Å². The normalized spacial score (nSPS) is 10.4. The molecule has 27 heavy (non-hydrogen) atoms. The van der Waals surface area contributed by atoms with Gasteiger partial charge in [-0.05, 0) is 31.9 Å². The van der Waals surface area contributed by atoms with Crippen LogP contribution in [0.2, 0.25) is 0 Å². The zero-order valence-electron chi connectivity index (χ0n) is 16.3. The third-order valence-electron chi connectivity index (χ3n) is 4.41. The van der Waals surface area contributed by atoms with Crippen molar-refractivity contribution in [2.24, 2.45) is 0 Å². The lowest BCUT2D eigenvalue weighted by Gasteiger charge is -2.18. The van der Waals surface area contributed by atoms with Gasteiger partial charge in [0.1, 0.15) is 0 Å². The third kappa shape index (κ3) is 5.78. The molecule has 5 nitrogen and oxygen atoms in total. The molecule has 2 aromatic carbocycles. The molecule has 0 bridgehead atoms. The molecule has 0 aliphatic carbocycles. The molecule has 2 rings (SSSR count). The topological polar surface area (TPSA) is 66.5 Å². The number of ketones is 1. The molecule has 0 spiro atoms. The summed E-state index contributed by atoms with van der Waals surface area (Å²) in [5.41, 5.74) is 4.49. The van der Waals surface area contributed by atoms with Crippen molar-refractivity contribution in [2.45, 2.75) is 33.6 Å². The Kier molecular flexibility index (Phi) is 6.88. The largest absolute Gasteiger partial charge is 0.336 e. The van der Waals surface area contributed by atoms with Crippen LogP contribution in [0.15, 0.2) is 42.5 Å². The van der Waals surface area contributed by atoms with Crippen LogP contribution in [-0.2, 0) is 9.59 Å². The van der Waals surface area contributed by atoms with Crippen molar-refractivity contribution in [2.75, 3.05) is 18.9 Å². The molecule has 0 aliphatic heterocycles. The number of Topliss-reactive ketones (excluding diaryl/α,β-unsaturated/α-hetero) is 1. The van der Waals surface area contributed by atoms with Gasteiger partial charge in [0.2, 0.25) is 11.8 Å². The Hall–Kier alpha value is -2.95. The van der Waals surface area contributed by atoms with E-state index in [2.05, 4.69) is 5.32 Å². The van der Waals surface area contributed by atoms with Crippen molar-refractivity contribution in [1.82, 2.24) is 4.90 Å². The quantitative estimate of drug-likeness (QED) is 0.760. The van der Waals surface area contributed by atoms with E-state index in [-0.39, 0.29) is 37.0 Å². The molecule has 142 valence electrons. The Bertz CT molecular complexity index is 821. The van der Waals surface area contributed by atoms with Crippen molar-refractivity contribution in [3.63, 3.8) is 0 Å². The fourth-order valence-electron chi connectivity index (χ4n) is 3.04. The van der Waals surface area contributed by atoms with Gasteiger partial charge in [0.25, 0.3) is 0 Å². The zero-order chi connectivity index (χ0) is 20.0. The van der Waals surface area contributed by atoms with Crippen LogP contribution in [0.1, 0.15) is 39.9 Å². The Morgan fingerprint density at radius 3 is 2.11 bits per heavy atom. The van der Waals surface area contributed by atoms with Gasteiger partial charge in [-0.2, -0.15) is 0 Å². The predicted molar refractivity (Wildman–Crippen MR) is 107 cm³/mol. The molecule has 1 N–H and O–H groups in total. The summed E-state index contributed by atoms with van der Waals surface area (Å²) >= 11 is 0. The van der Waals surface area contributed by atoms with Gasteiger partial charge in [-0.3, -0.25) is 14.4 Å². The van der Waals surface area contributed by atoms with E-state index in [1.807, 2.05) is 39.0 Å². The van der Waals surface area contributed by atoms with Crippen LogP contribution in [0, 0.1) is 20.8 Å². The molecule has 0 radical (unpaired) electrons.